The highest BCUT2D eigenvalue weighted by molar-refractivity contribution is 7.17. The molecule has 1 fully saturated rings. The number of hydrogen-bond acceptors (Lipinski definition) is 7. The summed E-state index contributed by atoms with van der Waals surface area (Å²) in [4.78, 5) is 29.9. The molecule has 0 radical (unpaired) electrons. The van der Waals surface area contributed by atoms with Crippen molar-refractivity contribution >= 4 is 39.4 Å². The molecule has 1 atom stereocenters. The molecule has 0 spiro atoms. The number of carbonyl (C=O) groups excluding carboxylic acids is 2. The lowest BCUT2D eigenvalue weighted by molar-refractivity contribution is -0.325. The van der Waals surface area contributed by atoms with E-state index in [1.165, 1.54) is 19.4 Å². The molecule has 35 heavy (non-hydrogen) atoms. The van der Waals surface area contributed by atoms with Gasteiger partial charge in [-0.1, -0.05) is 0 Å². The Bertz CT molecular complexity index is 1070. The van der Waals surface area contributed by atoms with Gasteiger partial charge < -0.3 is 20.3 Å². The Hall–Kier alpha value is -2.81. The Labute approximate surface area is 199 Å². The third kappa shape index (κ3) is 6.87. The number of alkyl halides is 6. The largest absolute Gasteiger partial charge is 0.522 e. The lowest BCUT2D eigenvalue weighted by Crippen LogP contribution is -2.43. The number of carbonyl (C=O) groups is 2. The highest BCUT2D eigenvalue weighted by Gasteiger charge is 2.36. The topological polar surface area (TPSA) is 92.8 Å². The number of fused-ring (bicyclic) bond motifs is 1. The predicted molar refractivity (Wildman–Crippen MR) is 114 cm³/mol. The normalized spacial score (nSPS) is 16.3. The number of rotatable bonds is 6. The summed E-state index contributed by atoms with van der Waals surface area (Å²) in [5.41, 5.74) is -0.907. The van der Waals surface area contributed by atoms with Gasteiger partial charge in [-0.2, -0.15) is 13.2 Å². The van der Waals surface area contributed by atoms with E-state index in [-0.39, 0.29) is 47.5 Å². The molecule has 1 aliphatic heterocycles. The van der Waals surface area contributed by atoms with Gasteiger partial charge in [-0.3, -0.25) is 9.53 Å². The molecule has 194 valence electrons. The minimum absolute atomic E-state index is 0.0363. The quantitative estimate of drug-likeness (QED) is 0.544. The van der Waals surface area contributed by atoms with E-state index in [0.29, 0.717) is 0 Å². The van der Waals surface area contributed by atoms with Crippen molar-refractivity contribution in [2.45, 2.75) is 44.4 Å². The van der Waals surface area contributed by atoms with E-state index < -0.39 is 48.9 Å². The lowest BCUT2D eigenvalue weighted by Gasteiger charge is -2.33. The van der Waals surface area contributed by atoms with Crippen LogP contribution in [0, 0.1) is 0 Å². The van der Waals surface area contributed by atoms with E-state index in [0.717, 1.165) is 17.4 Å². The molecule has 0 unspecified atom stereocenters. The second-order valence-corrected chi connectivity index (χ2v) is 8.71. The maximum absolute atomic E-state index is 13.7. The average molecular weight is 528 g/mol. The third-order valence-electron chi connectivity index (χ3n) is 5.19. The number of pyridine rings is 1. The fourth-order valence-corrected chi connectivity index (χ4v) is 4.54. The molecule has 3 heterocycles. The Morgan fingerprint density at radius 2 is 1.89 bits per heavy atom. The lowest BCUT2D eigenvalue weighted by atomic mass is 10.1. The highest BCUT2D eigenvalue weighted by Crippen LogP contribution is 2.40. The molecule has 8 nitrogen and oxygen atoms in total. The van der Waals surface area contributed by atoms with Crippen molar-refractivity contribution in [1.29, 1.82) is 0 Å². The van der Waals surface area contributed by atoms with E-state index >= 15 is 0 Å². The molecule has 3 rings (SSSR count). The SMILES string of the molecule is CNC(=O)c1csc2c(C(F)(F)F)cc(N3CCC(OC(=O)N[C@H](C)COC(F)(F)F)CC3)nc12. The fourth-order valence-electron chi connectivity index (χ4n) is 3.51. The van der Waals surface area contributed by atoms with Crippen molar-refractivity contribution in [1.82, 2.24) is 15.6 Å². The number of nitrogens with one attached hydrogen (secondary N) is 2. The van der Waals surface area contributed by atoms with Crippen LogP contribution in [0.1, 0.15) is 35.7 Å². The number of piperidine rings is 1. The van der Waals surface area contributed by atoms with Crippen molar-refractivity contribution < 1.29 is 45.4 Å². The molecule has 1 aliphatic rings. The standard InChI is InChI=1S/C20H22F6N4O4S/c1-10(8-33-20(24,25)26)28-18(32)34-11-3-5-30(6-4-11)14-7-13(19(21,22)23)16-15(29-14)12(9-35-16)17(31)27-2/h7,9-11H,3-6,8H2,1-2H3,(H,27,31)(H,28,32)/t10-/m1/s1. The zero-order valence-corrected chi connectivity index (χ0v) is 19.4. The second-order valence-electron chi connectivity index (χ2n) is 7.83. The minimum atomic E-state index is -4.82. The number of hydrogen-bond donors (Lipinski definition) is 2. The second kappa shape index (κ2) is 10.4. The smallest absolute Gasteiger partial charge is 0.446 e. The molecule has 1 saturated heterocycles. The van der Waals surface area contributed by atoms with E-state index in [2.05, 4.69) is 20.4 Å². The van der Waals surface area contributed by atoms with Gasteiger partial charge in [0.1, 0.15) is 11.9 Å². The van der Waals surface area contributed by atoms with Crippen molar-refractivity contribution in [3.05, 3.63) is 22.6 Å². The number of aromatic nitrogens is 1. The highest BCUT2D eigenvalue weighted by atomic mass is 32.1. The van der Waals surface area contributed by atoms with Gasteiger partial charge in [-0.25, -0.2) is 9.78 Å². The Balaban J connectivity index is 1.67. The third-order valence-corrected chi connectivity index (χ3v) is 6.19. The van der Waals surface area contributed by atoms with Crippen LogP contribution in [0.3, 0.4) is 0 Å². The molecule has 0 bridgehead atoms. The monoisotopic (exact) mass is 528 g/mol. The van der Waals surface area contributed by atoms with E-state index in [1.54, 1.807) is 4.90 Å². The summed E-state index contributed by atoms with van der Waals surface area (Å²) in [6.45, 7) is 0.945. The zero-order valence-electron chi connectivity index (χ0n) is 18.5. The van der Waals surface area contributed by atoms with Crippen LogP contribution in [0.5, 0.6) is 0 Å². The first-order valence-corrected chi connectivity index (χ1v) is 11.3. The summed E-state index contributed by atoms with van der Waals surface area (Å²) in [5.74, 6) is -0.517. The van der Waals surface area contributed by atoms with Gasteiger partial charge in [0.05, 0.1) is 34.0 Å². The van der Waals surface area contributed by atoms with Crippen LogP contribution in [-0.2, 0) is 15.7 Å². The number of ether oxygens (including phenoxy) is 2. The number of alkyl carbamates (subject to hydrolysis) is 1. The molecular weight excluding hydrogens is 506 g/mol. The zero-order chi connectivity index (χ0) is 26.0. The number of anilines is 1. The number of nitrogens with zero attached hydrogens (tertiary/aromatic N) is 2. The molecule has 15 heteroatoms. The predicted octanol–water partition coefficient (Wildman–Crippen LogP) is 4.29. The summed E-state index contributed by atoms with van der Waals surface area (Å²) in [7, 11) is 1.37. The Morgan fingerprint density at radius 3 is 2.46 bits per heavy atom. The van der Waals surface area contributed by atoms with Crippen molar-refractivity contribution in [3.63, 3.8) is 0 Å². The van der Waals surface area contributed by atoms with Crippen LogP contribution < -0.4 is 15.5 Å². The minimum Gasteiger partial charge on any atom is -0.446 e. The van der Waals surface area contributed by atoms with Crippen molar-refractivity contribution in [2.75, 3.05) is 31.6 Å². The molecule has 2 N–H and O–H groups in total. The van der Waals surface area contributed by atoms with Crippen LogP contribution in [0.25, 0.3) is 10.2 Å². The fraction of sp³-hybridized carbons (Fsp3) is 0.550. The van der Waals surface area contributed by atoms with Gasteiger partial charge in [-0.15, -0.1) is 24.5 Å². The Morgan fingerprint density at radius 1 is 1.23 bits per heavy atom. The number of halogens is 6. The summed E-state index contributed by atoms with van der Waals surface area (Å²) in [6, 6.07) is -0.0241. The molecule has 2 aromatic heterocycles. The van der Waals surface area contributed by atoms with Crippen LogP contribution >= 0.6 is 11.3 Å². The average Bonchev–Trinajstić information content (AvgIpc) is 3.19. The summed E-state index contributed by atoms with van der Waals surface area (Å²) in [6.07, 6.45) is -10.5. The summed E-state index contributed by atoms with van der Waals surface area (Å²) < 4.78 is 86.1. The molecule has 0 aliphatic carbocycles. The summed E-state index contributed by atoms with van der Waals surface area (Å²) in [5, 5.41) is 5.95. The van der Waals surface area contributed by atoms with E-state index in [9.17, 15) is 35.9 Å². The van der Waals surface area contributed by atoms with E-state index in [4.69, 9.17) is 4.74 Å². The maximum Gasteiger partial charge on any atom is 0.522 e. The van der Waals surface area contributed by atoms with Gasteiger partial charge in [-0.05, 0) is 13.0 Å². The van der Waals surface area contributed by atoms with Gasteiger partial charge in [0.2, 0.25) is 0 Å². The molecule has 2 aromatic rings. The first-order valence-electron chi connectivity index (χ1n) is 10.4. The molecule has 0 aromatic carbocycles. The first kappa shape index (κ1) is 26.8. The van der Waals surface area contributed by atoms with Crippen molar-refractivity contribution in [2.24, 2.45) is 0 Å². The molecular formula is C20H22F6N4O4S. The summed E-state index contributed by atoms with van der Waals surface area (Å²) >= 11 is 0.786. The van der Waals surface area contributed by atoms with Crippen LogP contribution in [0.2, 0.25) is 0 Å². The Kier molecular flexibility index (Phi) is 7.99. The van der Waals surface area contributed by atoms with Gasteiger partial charge in [0.25, 0.3) is 5.91 Å². The molecule has 2 amide bonds. The molecule has 0 saturated carbocycles. The van der Waals surface area contributed by atoms with Crippen LogP contribution in [0.4, 0.5) is 37.0 Å². The number of amides is 2. The van der Waals surface area contributed by atoms with Crippen molar-refractivity contribution in [3.8, 4) is 0 Å². The van der Waals surface area contributed by atoms with Crippen LogP contribution in [-0.4, -0.2) is 62.2 Å². The number of thiophene rings is 1. The van der Waals surface area contributed by atoms with Gasteiger partial charge in [0, 0.05) is 38.4 Å². The van der Waals surface area contributed by atoms with Gasteiger partial charge >= 0.3 is 18.6 Å². The van der Waals surface area contributed by atoms with Crippen LogP contribution in [0.15, 0.2) is 11.4 Å². The maximum atomic E-state index is 13.7. The van der Waals surface area contributed by atoms with E-state index in [1.807, 2.05) is 0 Å². The first-order chi connectivity index (χ1) is 16.3. The van der Waals surface area contributed by atoms with Gasteiger partial charge in [0.15, 0.2) is 0 Å².